The number of hydrogen-bond donors (Lipinski definition) is 2. The molecule has 0 saturated heterocycles. The Kier molecular flexibility index (Phi) is 4.35. The van der Waals surface area contributed by atoms with Crippen molar-refractivity contribution < 1.29 is 9.47 Å². The summed E-state index contributed by atoms with van der Waals surface area (Å²) >= 11 is 7.83. The molecule has 0 saturated carbocycles. The van der Waals surface area contributed by atoms with Crippen LogP contribution >= 0.6 is 22.9 Å². The van der Waals surface area contributed by atoms with Gasteiger partial charge in [-0.15, -0.1) is 11.3 Å². The van der Waals surface area contributed by atoms with Crippen molar-refractivity contribution in [3.63, 3.8) is 0 Å². The smallest absolute Gasteiger partial charge is 0.129 e. The minimum absolute atomic E-state index is 0.00525. The van der Waals surface area contributed by atoms with Crippen molar-refractivity contribution in [2.45, 2.75) is 18.9 Å². The highest BCUT2D eigenvalue weighted by Gasteiger charge is 2.21. The summed E-state index contributed by atoms with van der Waals surface area (Å²) in [5.74, 6) is 7.54. The molecule has 3 N–H and O–H groups in total. The van der Waals surface area contributed by atoms with Gasteiger partial charge >= 0.3 is 0 Å². The van der Waals surface area contributed by atoms with Gasteiger partial charge in [-0.3, -0.25) is 11.3 Å². The van der Waals surface area contributed by atoms with E-state index in [1.165, 1.54) is 5.56 Å². The lowest BCUT2D eigenvalue weighted by atomic mass is 10.0. The van der Waals surface area contributed by atoms with Crippen molar-refractivity contribution in [2.24, 2.45) is 5.84 Å². The molecule has 112 valence electrons. The number of halogens is 1. The summed E-state index contributed by atoms with van der Waals surface area (Å²) in [7, 11) is 1.66. The molecule has 2 heterocycles. The predicted molar refractivity (Wildman–Crippen MR) is 85.3 cm³/mol. The fourth-order valence-corrected chi connectivity index (χ4v) is 3.76. The number of nitrogens with two attached hydrogens (primary N) is 1. The number of hydrazine groups is 1. The topological polar surface area (TPSA) is 56.5 Å². The molecule has 0 spiro atoms. The highest BCUT2D eigenvalue weighted by molar-refractivity contribution is 7.10. The predicted octanol–water partition coefficient (Wildman–Crippen LogP) is 3.09. The number of methoxy groups -OCH3 is 1. The van der Waals surface area contributed by atoms with E-state index in [0.29, 0.717) is 0 Å². The molecule has 1 unspecified atom stereocenters. The van der Waals surface area contributed by atoms with E-state index in [1.807, 2.05) is 23.6 Å². The van der Waals surface area contributed by atoms with Crippen molar-refractivity contribution in [1.29, 1.82) is 0 Å². The number of rotatable bonds is 5. The Morgan fingerprint density at radius 1 is 1.48 bits per heavy atom. The van der Waals surface area contributed by atoms with Gasteiger partial charge in [0.15, 0.2) is 0 Å². The number of benzene rings is 1. The number of thiophene rings is 1. The Bertz CT molecular complexity index is 645. The number of fused-ring (bicyclic) bond motifs is 1. The number of nitrogens with one attached hydrogen (secondary N) is 1. The summed E-state index contributed by atoms with van der Waals surface area (Å²) < 4.78 is 11.0. The van der Waals surface area contributed by atoms with Crippen LogP contribution in [0.25, 0.3) is 0 Å². The third-order valence-corrected chi connectivity index (χ3v) is 4.87. The van der Waals surface area contributed by atoms with Crippen molar-refractivity contribution in [3.05, 3.63) is 44.6 Å². The lowest BCUT2D eigenvalue weighted by molar-refractivity contribution is 0.351. The Labute approximate surface area is 132 Å². The quantitative estimate of drug-likeness (QED) is 0.655. The zero-order chi connectivity index (χ0) is 14.8. The van der Waals surface area contributed by atoms with E-state index in [4.69, 9.17) is 26.9 Å². The molecular formula is C15H17ClN2O2S. The monoisotopic (exact) mass is 324 g/mol. The second kappa shape index (κ2) is 6.23. The molecule has 1 aliphatic heterocycles. The van der Waals surface area contributed by atoms with E-state index in [1.54, 1.807) is 18.4 Å². The molecule has 0 fully saturated rings. The van der Waals surface area contributed by atoms with Crippen LogP contribution in [0, 0.1) is 0 Å². The summed E-state index contributed by atoms with van der Waals surface area (Å²) in [5.41, 5.74) is 5.14. The molecule has 3 rings (SSSR count). The molecule has 0 bridgehead atoms. The van der Waals surface area contributed by atoms with Crippen molar-refractivity contribution >= 4 is 22.9 Å². The average molecular weight is 325 g/mol. The molecule has 1 aromatic carbocycles. The van der Waals surface area contributed by atoms with Gasteiger partial charge in [-0.05, 0) is 35.7 Å². The van der Waals surface area contributed by atoms with E-state index in [9.17, 15) is 0 Å². The molecule has 2 aromatic rings. The number of hydrogen-bond acceptors (Lipinski definition) is 5. The van der Waals surface area contributed by atoms with Crippen molar-refractivity contribution in [1.82, 2.24) is 5.43 Å². The van der Waals surface area contributed by atoms with E-state index in [0.717, 1.165) is 46.4 Å². The summed E-state index contributed by atoms with van der Waals surface area (Å²) in [6.45, 7) is 0.718. The summed E-state index contributed by atoms with van der Waals surface area (Å²) in [4.78, 5) is 1.13. The van der Waals surface area contributed by atoms with Gasteiger partial charge in [0.1, 0.15) is 11.5 Å². The van der Waals surface area contributed by atoms with Gasteiger partial charge < -0.3 is 9.47 Å². The number of ether oxygens (including phenoxy) is 2. The van der Waals surface area contributed by atoms with E-state index < -0.39 is 0 Å². The molecule has 6 heteroatoms. The van der Waals surface area contributed by atoms with E-state index in [2.05, 4.69) is 5.43 Å². The zero-order valence-electron chi connectivity index (χ0n) is 11.7. The lowest BCUT2D eigenvalue weighted by Gasteiger charge is -2.16. The van der Waals surface area contributed by atoms with E-state index >= 15 is 0 Å². The molecule has 4 nitrogen and oxygen atoms in total. The molecule has 21 heavy (non-hydrogen) atoms. The van der Waals surface area contributed by atoms with Crippen LogP contribution < -0.4 is 20.7 Å². The average Bonchev–Trinajstić information content (AvgIpc) is 3.12. The highest BCUT2D eigenvalue weighted by atomic mass is 35.5. The summed E-state index contributed by atoms with van der Waals surface area (Å²) in [5, 5.41) is 2.72. The van der Waals surface area contributed by atoms with Crippen molar-refractivity contribution in [2.75, 3.05) is 13.7 Å². The first-order chi connectivity index (χ1) is 10.2. The third kappa shape index (κ3) is 3.01. The van der Waals surface area contributed by atoms with Crippen LogP contribution in [0.15, 0.2) is 23.6 Å². The van der Waals surface area contributed by atoms with Gasteiger partial charge in [-0.1, -0.05) is 11.6 Å². The molecule has 1 aliphatic rings. The Morgan fingerprint density at radius 3 is 3.05 bits per heavy atom. The van der Waals surface area contributed by atoms with Gasteiger partial charge in [-0.2, -0.15) is 0 Å². The standard InChI is InChI=1S/C15H17ClN2O2S/c1-19-12-7-14(21-8-12)13(18-17)6-10-5-11(16)4-9-2-3-20-15(9)10/h4-5,7-8,13,18H,2-3,6,17H2,1H3. The molecule has 0 amide bonds. The van der Waals surface area contributed by atoms with Gasteiger partial charge in [0.05, 0.1) is 19.8 Å². The lowest BCUT2D eigenvalue weighted by Crippen LogP contribution is -2.29. The minimum atomic E-state index is 0.00525. The highest BCUT2D eigenvalue weighted by Crippen LogP contribution is 2.36. The summed E-state index contributed by atoms with van der Waals surface area (Å²) in [6, 6.07) is 5.94. The van der Waals surface area contributed by atoms with Crippen LogP contribution in [0.1, 0.15) is 22.0 Å². The fraction of sp³-hybridized carbons (Fsp3) is 0.333. The molecule has 1 atom stereocenters. The van der Waals surface area contributed by atoms with Crippen LogP contribution in [0.5, 0.6) is 11.5 Å². The van der Waals surface area contributed by atoms with Gasteiger partial charge in [0.25, 0.3) is 0 Å². The first-order valence-corrected chi connectivity index (χ1v) is 7.99. The Balaban J connectivity index is 1.87. The SMILES string of the molecule is COc1csc(C(Cc2cc(Cl)cc3c2OCC3)NN)c1. The first kappa shape index (κ1) is 14.7. The normalized spacial score (nSPS) is 14.6. The van der Waals surface area contributed by atoms with Crippen LogP contribution in [0.2, 0.25) is 5.02 Å². The second-order valence-corrected chi connectivity index (χ2v) is 6.34. The largest absolute Gasteiger partial charge is 0.496 e. The van der Waals surface area contributed by atoms with Gasteiger partial charge in [0, 0.05) is 21.7 Å². The molecule has 0 aliphatic carbocycles. The van der Waals surface area contributed by atoms with Gasteiger partial charge in [0.2, 0.25) is 0 Å². The van der Waals surface area contributed by atoms with Crippen molar-refractivity contribution in [3.8, 4) is 11.5 Å². The minimum Gasteiger partial charge on any atom is -0.496 e. The molecule has 0 radical (unpaired) electrons. The Morgan fingerprint density at radius 2 is 2.33 bits per heavy atom. The first-order valence-electron chi connectivity index (χ1n) is 6.74. The third-order valence-electron chi connectivity index (χ3n) is 3.63. The fourth-order valence-electron chi connectivity index (χ4n) is 2.58. The zero-order valence-corrected chi connectivity index (χ0v) is 13.3. The van der Waals surface area contributed by atoms with Crippen LogP contribution in [0.4, 0.5) is 0 Å². The maximum absolute atomic E-state index is 6.20. The van der Waals surface area contributed by atoms with Crippen LogP contribution in [-0.4, -0.2) is 13.7 Å². The maximum atomic E-state index is 6.20. The molecular weight excluding hydrogens is 308 g/mol. The maximum Gasteiger partial charge on any atom is 0.129 e. The van der Waals surface area contributed by atoms with Crippen LogP contribution in [0.3, 0.4) is 0 Å². The second-order valence-electron chi connectivity index (χ2n) is 4.96. The van der Waals surface area contributed by atoms with E-state index in [-0.39, 0.29) is 6.04 Å². The summed E-state index contributed by atoms with van der Waals surface area (Å²) in [6.07, 6.45) is 1.64. The van der Waals surface area contributed by atoms with Crippen LogP contribution in [-0.2, 0) is 12.8 Å². The van der Waals surface area contributed by atoms with Gasteiger partial charge in [-0.25, -0.2) is 0 Å². The molecule has 1 aromatic heterocycles. The Hall–Kier alpha value is -1.27.